The molecule has 0 aliphatic heterocycles. The second-order valence-corrected chi connectivity index (χ2v) is 11.2. The highest BCUT2D eigenvalue weighted by Gasteiger charge is 2.42. The molecule has 3 amide bonds. The third-order valence-corrected chi connectivity index (χ3v) is 6.17. The quantitative estimate of drug-likeness (QED) is 0.440. The minimum Gasteiger partial charge on any atom is -0.444 e. The standard InChI is InChI=1S/C28H45N3O4/c1-8-13-20(4)29-25(32)24(21-14-10-9-11-15-21)31(22-16-12-17-22)26(33)23(18-19(2)3)30-27(34)35-28(5,6)7/h9-11,14-15,19-20,22-24H,8,12-13,16-18H2,1-7H3,(H,29,32)(H,30,34). The number of carbonyl (C=O) groups excluding carboxylic acids is 3. The second kappa shape index (κ2) is 12.9. The molecule has 1 saturated carbocycles. The van der Waals surface area contributed by atoms with Gasteiger partial charge < -0.3 is 20.3 Å². The number of nitrogens with zero attached hydrogens (tertiary/aromatic N) is 1. The van der Waals surface area contributed by atoms with E-state index >= 15 is 0 Å². The van der Waals surface area contributed by atoms with E-state index in [1.165, 1.54) is 0 Å². The molecule has 3 atom stereocenters. The van der Waals surface area contributed by atoms with E-state index in [4.69, 9.17) is 4.74 Å². The van der Waals surface area contributed by atoms with E-state index in [2.05, 4.69) is 17.6 Å². The van der Waals surface area contributed by atoms with E-state index in [0.29, 0.717) is 6.42 Å². The van der Waals surface area contributed by atoms with Gasteiger partial charge in [-0.3, -0.25) is 9.59 Å². The molecular formula is C28H45N3O4. The number of rotatable bonds is 11. The van der Waals surface area contributed by atoms with Crippen LogP contribution in [-0.2, 0) is 14.3 Å². The molecule has 1 aromatic carbocycles. The lowest BCUT2D eigenvalue weighted by Crippen LogP contribution is -2.58. The summed E-state index contributed by atoms with van der Waals surface area (Å²) in [6.07, 6.45) is 4.35. The highest BCUT2D eigenvalue weighted by atomic mass is 16.6. The zero-order valence-electron chi connectivity index (χ0n) is 22.6. The van der Waals surface area contributed by atoms with Crippen LogP contribution in [-0.4, -0.2) is 46.5 Å². The maximum absolute atomic E-state index is 14.1. The fourth-order valence-corrected chi connectivity index (χ4v) is 4.41. The molecule has 1 aliphatic rings. The number of hydrogen-bond donors (Lipinski definition) is 2. The van der Waals surface area contributed by atoms with Crippen LogP contribution in [0.4, 0.5) is 4.79 Å². The molecule has 1 aliphatic carbocycles. The molecule has 0 heterocycles. The third-order valence-electron chi connectivity index (χ3n) is 6.17. The average Bonchev–Trinajstić information content (AvgIpc) is 2.70. The van der Waals surface area contributed by atoms with Crippen molar-refractivity contribution in [3.05, 3.63) is 35.9 Å². The Morgan fingerprint density at radius 2 is 1.69 bits per heavy atom. The minimum absolute atomic E-state index is 0.00315. The molecular weight excluding hydrogens is 442 g/mol. The predicted molar refractivity (Wildman–Crippen MR) is 139 cm³/mol. The van der Waals surface area contributed by atoms with E-state index in [1.807, 2.05) is 51.1 Å². The lowest BCUT2D eigenvalue weighted by Gasteiger charge is -2.44. The van der Waals surface area contributed by atoms with Gasteiger partial charge in [0.15, 0.2) is 0 Å². The summed E-state index contributed by atoms with van der Waals surface area (Å²) in [7, 11) is 0. The first-order chi connectivity index (χ1) is 16.4. The van der Waals surface area contributed by atoms with E-state index in [9.17, 15) is 14.4 Å². The van der Waals surface area contributed by atoms with Gasteiger partial charge in [0.2, 0.25) is 11.8 Å². The van der Waals surface area contributed by atoms with Gasteiger partial charge >= 0.3 is 6.09 Å². The summed E-state index contributed by atoms with van der Waals surface area (Å²) >= 11 is 0. The number of amides is 3. The van der Waals surface area contributed by atoms with Crippen LogP contribution in [0.25, 0.3) is 0 Å². The lowest BCUT2D eigenvalue weighted by atomic mass is 9.87. The third kappa shape index (κ3) is 8.86. The minimum atomic E-state index is -0.780. The summed E-state index contributed by atoms with van der Waals surface area (Å²) in [4.78, 5) is 42.1. The molecule has 0 aromatic heterocycles. The van der Waals surface area contributed by atoms with Gasteiger partial charge in [-0.1, -0.05) is 57.5 Å². The molecule has 1 fully saturated rings. The van der Waals surface area contributed by atoms with Gasteiger partial charge in [0.05, 0.1) is 0 Å². The number of ether oxygens (including phenoxy) is 1. The van der Waals surface area contributed by atoms with Crippen LogP contribution in [0.2, 0.25) is 0 Å². The maximum Gasteiger partial charge on any atom is 0.408 e. The van der Waals surface area contributed by atoms with Crippen molar-refractivity contribution in [2.75, 3.05) is 0 Å². The van der Waals surface area contributed by atoms with Crippen molar-refractivity contribution in [2.24, 2.45) is 5.92 Å². The van der Waals surface area contributed by atoms with E-state index in [0.717, 1.165) is 37.7 Å². The first-order valence-corrected chi connectivity index (χ1v) is 13.1. The van der Waals surface area contributed by atoms with Crippen LogP contribution >= 0.6 is 0 Å². The Kier molecular flexibility index (Phi) is 10.6. The summed E-state index contributed by atoms with van der Waals surface area (Å²) in [5.74, 6) is -0.255. The number of hydrogen-bond acceptors (Lipinski definition) is 4. The largest absolute Gasteiger partial charge is 0.444 e. The Balaban J connectivity index is 2.43. The Labute approximate surface area is 211 Å². The first kappa shape index (κ1) is 28.7. The van der Waals surface area contributed by atoms with Gasteiger partial charge in [0, 0.05) is 12.1 Å². The van der Waals surface area contributed by atoms with Gasteiger partial charge in [0.1, 0.15) is 17.7 Å². The summed E-state index contributed by atoms with van der Waals surface area (Å²) in [6.45, 7) is 13.5. The van der Waals surface area contributed by atoms with Crippen LogP contribution in [0.3, 0.4) is 0 Å². The number of carbonyl (C=O) groups is 3. The number of benzene rings is 1. The smallest absolute Gasteiger partial charge is 0.408 e. The fourth-order valence-electron chi connectivity index (χ4n) is 4.41. The van der Waals surface area contributed by atoms with E-state index in [1.54, 1.807) is 25.7 Å². The fraction of sp³-hybridized carbons (Fsp3) is 0.679. The normalized spacial score (nSPS) is 16.6. The molecule has 1 aromatic rings. The maximum atomic E-state index is 14.1. The van der Waals surface area contributed by atoms with E-state index < -0.39 is 23.8 Å². The Hall–Kier alpha value is -2.57. The molecule has 196 valence electrons. The highest BCUT2D eigenvalue weighted by Crippen LogP contribution is 2.34. The number of nitrogens with one attached hydrogen (secondary N) is 2. The molecule has 3 unspecified atom stereocenters. The molecule has 7 heteroatoms. The van der Waals surface area contributed by atoms with Gasteiger partial charge in [-0.2, -0.15) is 0 Å². The Bertz CT molecular complexity index is 830. The summed E-state index contributed by atoms with van der Waals surface area (Å²) in [5, 5.41) is 5.93. The molecule has 35 heavy (non-hydrogen) atoms. The van der Waals surface area contributed by atoms with Crippen molar-refractivity contribution in [1.82, 2.24) is 15.5 Å². The van der Waals surface area contributed by atoms with Gasteiger partial charge in [0.25, 0.3) is 0 Å². The van der Waals surface area contributed by atoms with Crippen molar-refractivity contribution in [1.29, 1.82) is 0 Å². The van der Waals surface area contributed by atoms with Gasteiger partial charge in [-0.15, -0.1) is 0 Å². The van der Waals surface area contributed by atoms with Crippen molar-refractivity contribution >= 4 is 17.9 Å². The van der Waals surface area contributed by atoms with Crippen molar-refractivity contribution in [2.45, 2.75) is 117 Å². The summed E-state index contributed by atoms with van der Waals surface area (Å²) < 4.78 is 5.45. The van der Waals surface area contributed by atoms with Crippen LogP contribution < -0.4 is 10.6 Å². The van der Waals surface area contributed by atoms with E-state index in [-0.39, 0.29) is 29.8 Å². The molecule has 0 radical (unpaired) electrons. The van der Waals surface area contributed by atoms with Crippen LogP contribution in [0.15, 0.2) is 30.3 Å². The van der Waals surface area contributed by atoms with Crippen LogP contribution in [0.1, 0.15) is 98.6 Å². The lowest BCUT2D eigenvalue weighted by molar-refractivity contribution is -0.148. The average molecular weight is 488 g/mol. The van der Waals surface area contributed by atoms with Crippen LogP contribution in [0, 0.1) is 5.92 Å². The zero-order valence-corrected chi connectivity index (χ0v) is 22.6. The molecule has 0 bridgehead atoms. The SMILES string of the molecule is CCCC(C)NC(=O)C(c1ccccc1)N(C(=O)C(CC(C)C)NC(=O)OC(C)(C)C)C1CCC1. The van der Waals surface area contributed by atoms with Crippen molar-refractivity contribution < 1.29 is 19.1 Å². The Morgan fingerprint density at radius 1 is 1.06 bits per heavy atom. The Morgan fingerprint density at radius 3 is 2.17 bits per heavy atom. The summed E-state index contributed by atoms with van der Waals surface area (Å²) in [5.41, 5.74) is 0.0971. The number of alkyl carbamates (subject to hydrolysis) is 1. The first-order valence-electron chi connectivity index (χ1n) is 13.1. The van der Waals surface area contributed by atoms with Gasteiger partial charge in [-0.25, -0.2) is 4.79 Å². The second-order valence-electron chi connectivity index (χ2n) is 11.2. The molecule has 2 N–H and O–H groups in total. The predicted octanol–water partition coefficient (Wildman–Crippen LogP) is 5.35. The highest BCUT2D eigenvalue weighted by molar-refractivity contribution is 5.92. The molecule has 0 saturated heterocycles. The van der Waals surface area contributed by atoms with Crippen LogP contribution in [0.5, 0.6) is 0 Å². The van der Waals surface area contributed by atoms with Crippen molar-refractivity contribution in [3.8, 4) is 0 Å². The molecule has 7 nitrogen and oxygen atoms in total. The molecule has 2 rings (SSSR count). The van der Waals surface area contributed by atoms with Gasteiger partial charge in [-0.05, 0) is 71.3 Å². The monoisotopic (exact) mass is 487 g/mol. The van der Waals surface area contributed by atoms with Crippen molar-refractivity contribution in [3.63, 3.8) is 0 Å². The zero-order chi connectivity index (χ0) is 26.2. The molecule has 0 spiro atoms. The summed E-state index contributed by atoms with van der Waals surface area (Å²) in [6, 6.07) is 7.88. The topological polar surface area (TPSA) is 87.7 Å².